The number of carbonyl (C=O) groups excluding carboxylic acids is 1. The Morgan fingerprint density at radius 3 is 2.35 bits per heavy atom. The maximum Gasteiger partial charge on any atom is 0.252 e. The van der Waals surface area contributed by atoms with E-state index in [1.54, 1.807) is 6.07 Å². The standard InChI is InChI=1S/C14H22N4O2/c1-13(2)7-18(8-14(3,4)20-13)12-10(11(16)19)5-9(15)6-17-12/h5-6H,7-8,15H2,1-4H3,(H2,16,19). The average Bonchev–Trinajstić information content (AvgIpc) is 2.24. The Labute approximate surface area is 119 Å². The highest BCUT2D eigenvalue weighted by Gasteiger charge is 2.39. The molecule has 0 atom stereocenters. The Morgan fingerprint density at radius 1 is 1.30 bits per heavy atom. The number of nitrogens with two attached hydrogens (primary N) is 2. The van der Waals surface area contributed by atoms with E-state index in [1.165, 1.54) is 6.20 Å². The van der Waals surface area contributed by atoms with Gasteiger partial charge in [-0.05, 0) is 33.8 Å². The van der Waals surface area contributed by atoms with Crippen LogP contribution in [0.25, 0.3) is 0 Å². The molecule has 0 aromatic carbocycles. The minimum Gasteiger partial charge on any atom is -0.397 e. The van der Waals surface area contributed by atoms with Crippen molar-refractivity contribution in [1.82, 2.24) is 4.98 Å². The quantitative estimate of drug-likeness (QED) is 0.846. The van der Waals surface area contributed by atoms with Crippen molar-refractivity contribution in [2.45, 2.75) is 38.9 Å². The Balaban J connectivity index is 2.43. The molecule has 0 radical (unpaired) electrons. The molecule has 2 heterocycles. The summed E-state index contributed by atoms with van der Waals surface area (Å²) in [4.78, 5) is 17.9. The molecule has 0 bridgehead atoms. The molecule has 1 aromatic heterocycles. The van der Waals surface area contributed by atoms with Gasteiger partial charge in [0.1, 0.15) is 5.82 Å². The molecule has 0 unspecified atom stereocenters. The normalized spacial score (nSPS) is 20.7. The number of pyridine rings is 1. The Bertz CT molecular complexity index is 524. The van der Waals surface area contributed by atoms with Gasteiger partial charge in [-0.15, -0.1) is 0 Å². The van der Waals surface area contributed by atoms with Gasteiger partial charge in [0.2, 0.25) is 0 Å². The highest BCUT2D eigenvalue weighted by molar-refractivity contribution is 5.98. The number of hydrogen-bond acceptors (Lipinski definition) is 5. The minimum absolute atomic E-state index is 0.334. The number of carbonyl (C=O) groups is 1. The van der Waals surface area contributed by atoms with Gasteiger partial charge in [-0.1, -0.05) is 0 Å². The van der Waals surface area contributed by atoms with E-state index in [0.29, 0.717) is 30.2 Å². The number of morpholine rings is 1. The first-order valence-corrected chi connectivity index (χ1v) is 6.60. The number of hydrogen-bond donors (Lipinski definition) is 2. The second kappa shape index (κ2) is 4.63. The van der Waals surface area contributed by atoms with E-state index >= 15 is 0 Å². The molecule has 2 rings (SSSR count). The topological polar surface area (TPSA) is 94.5 Å². The molecule has 1 aliphatic heterocycles. The van der Waals surface area contributed by atoms with Crippen molar-refractivity contribution < 1.29 is 9.53 Å². The molecule has 0 spiro atoms. The van der Waals surface area contributed by atoms with Crippen molar-refractivity contribution in [3.05, 3.63) is 17.8 Å². The number of nitrogen functional groups attached to an aromatic ring is 1. The molecule has 1 aliphatic rings. The summed E-state index contributed by atoms with van der Waals surface area (Å²) < 4.78 is 6.03. The fraction of sp³-hybridized carbons (Fsp3) is 0.571. The molecule has 1 aromatic rings. The molecule has 110 valence electrons. The smallest absolute Gasteiger partial charge is 0.252 e. The summed E-state index contributed by atoms with van der Waals surface area (Å²) in [5.41, 5.74) is 11.2. The summed E-state index contributed by atoms with van der Waals surface area (Å²) >= 11 is 0. The molecule has 0 aliphatic carbocycles. The lowest BCUT2D eigenvalue weighted by molar-refractivity contribution is -0.133. The van der Waals surface area contributed by atoms with E-state index in [1.807, 2.05) is 32.6 Å². The summed E-state index contributed by atoms with van der Waals surface area (Å²) in [6.07, 6.45) is 1.54. The highest BCUT2D eigenvalue weighted by atomic mass is 16.5. The molecule has 1 amide bonds. The second-order valence-electron chi connectivity index (χ2n) is 6.48. The van der Waals surface area contributed by atoms with Gasteiger partial charge < -0.3 is 21.1 Å². The molecule has 4 N–H and O–H groups in total. The van der Waals surface area contributed by atoms with E-state index in [2.05, 4.69) is 4.98 Å². The van der Waals surface area contributed by atoms with Crippen LogP contribution in [0.3, 0.4) is 0 Å². The van der Waals surface area contributed by atoms with Gasteiger partial charge in [0, 0.05) is 13.1 Å². The van der Waals surface area contributed by atoms with E-state index < -0.39 is 5.91 Å². The molecule has 20 heavy (non-hydrogen) atoms. The van der Waals surface area contributed by atoms with Crippen molar-refractivity contribution in [2.24, 2.45) is 5.73 Å². The van der Waals surface area contributed by atoms with Crippen molar-refractivity contribution in [2.75, 3.05) is 23.7 Å². The number of primary amides is 1. The predicted molar refractivity (Wildman–Crippen MR) is 78.6 cm³/mol. The minimum atomic E-state index is -0.526. The number of amides is 1. The van der Waals surface area contributed by atoms with Gasteiger partial charge in [-0.3, -0.25) is 4.79 Å². The van der Waals surface area contributed by atoms with Crippen LogP contribution < -0.4 is 16.4 Å². The zero-order valence-corrected chi connectivity index (χ0v) is 12.4. The van der Waals surface area contributed by atoms with E-state index in [4.69, 9.17) is 16.2 Å². The van der Waals surface area contributed by atoms with Crippen LogP contribution in [0, 0.1) is 0 Å². The summed E-state index contributed by atoms with van der Waals surface area (Å²) in [7, 11) is 0. The third-order valence-corrected chi connectivity index (χ3v) is 3.15. The largest absolute Gasteiger partial charge is 0.397 e. The third kappa shape index (κ3) is 3.01. The van der Waals surface area contributed by atoms with Crippen molar-refractivity contribution in [3.63, 3.8) is 0 Å². The van der Waals surface area contributed by atoms with Crippen LogP contribution >= 0.6 is 0 Å². The Morgan fingerprint density at radius 2 is 1.85 bits per heavy atom. The van der Waals surface area contributed by atoms with Crippen LogP contribution in [0.15, 0.2) is 12.3 Å². The maximum atomic E-state index is 11.6. The number of rotatable bonds is 2. The first kappa shape index (κ1) is 14.6. The molecule has 6 nitrogen and oxygen atoms in total. The lowest BCUT2D eigenvalue weighted by atomic mass is 9.98. The molecule has 1 fully saturated rings. The zero-order valence-electron chi connectivity index (χ0n) is 12.4. The van der Waals surface area contributed by atoms with Gasteiger partial charge >= 0.3 is 0 Å². The summed E-state index contributed by atoms with van der Waals surface area (Å²) in [5.74, 6) is 0.0399. The van der Waals surface area contributed by atoms with Crippen LogP contribution in [0.5, 0.6) is 0 Å². The molecular formula is C14H22N4O2. The third-order valence-electron chi connectivity index (χ3n) is 3.15. The average molecular weight is 278 g/mol. The van der Waals surface area contributed by atoms with E-state index in [9.17, 15) is 4.79 Å². The monoisotopic (exact) mass is 278 g/mol. The van der Waals surface area contributed by atoms with Crippen LogP contribution in [-0.2, 0) is 4.74 Å². The lowest BCUT2D eigenvalue weighted by Crippen LogP contribution is -2.57. The fourth-order valence-corrected chi connectivity index (χ4v) is 2.84. The predicted octanol–water partition coefficient (Wildman–Crippen LogP) is 1.16. The van der Waals surface area contributed by atoms with Gasteiger partial charge in [0.25, 0.3) is 5.91 Å². The second-order valence-corrected chi connectivity index (χ2v) is 6.48. The van der Waals surface area contributed by atoms with Crippen LogP contribution in [0.4, 0.5) is 11.5 Å². The van der Waals surface area contributed by atoms with Gasteiger partial charge in [0.15, 0.2) is 0 Å². The van der Waals surface area contributed by atoms with E-state index in [-0.39, 0.29) is 11.2 Å². The molecular weight excluding hydrogens is 256 g/mol. The maximum absolute atomic E-state index is 11.6. The molecule has 0 saturated carbocycles. The first-order chi connectivity index (χ1) is 9.10. The highest BCUT2D eigenvalue weighted by Crippen LogP contribution is 2.32. The van der Waals surface area contributed by atoms with Crippen LogP contribution in [0.2, 0.25) is 0 Å². The van der Waals surface area contributed by atoms with Crippen molar-refractivity contribution in [1.29, 1.82) is 0 Å². The number of anilines is 2. The zero-order chi connectivity index (χ0) is 15.1. The number of ether oxygens (including phenoxy) is 1. The van der Waals surface area contributed by atoms with Gasteiger partial charge in [0.05, 0.1) is 28.6 Å². The lowest BCUT2D eigenvalue weighted by Gasteiger charge is -2.47. The number of aromatic nitrogens is 1. The summed E-state index contributed by atoms with van der Waals surface area (Å²) in [6.45, 7) is 9.33. The van der Waals surface area contributed by atoms with E-state index in [0.717, 1.165) is 0 Å². The van der Waals surface area contributed by atoms with Crippen molar-refractivity contribution in [3.8, 4) is 0 Å². The van der Waals surface area contributed by atoms with Crippen molar-refractivity contribution >= 4 is 17.4 Å². The van der Waals surface area contributed by atoms with Gasteiger partial charge in [-0.25, -0.2) is 4.98 Å². The van der Waals surface area contributed by atoms with Crippen LogP contribution in [-0.4, -0.2) is 35.2 Å². The number of nitrogens with zero attached hydrogens (tertiary/aromatic N) is 2. The Hall–Kier alpha value is -1.82. The molecule has 6 heteroatoms. The fourth-order valence-electron chi connectivity index (χ4n) is 2.84. The molecule has 1 saturated heterocycles. The van der Waals surface area contributed by atoms with Gasteiger partial charge in [-0.2, -0.15) is 0 Å². The summed E-state index contributed by atoms with van der Waals surface area (Å²) in [6, 6.07) is 1.57. The Kier molecular flexibility index (Phi) is 3.37. The SMILES string of the molecule is CC1(C)CN(c2ncc(N)cc2C(N)=O)CC(C)(C)O1. The van der Waals surface area contributed by atoms with Crippen LogP contribution in [0.1, 0.15) is 38.1 Å². The summed E-state index contributed by atoms with van der Waals surface area (Å²) in [5, 5.41) is 0. The first-order valence-electron chi connectivity index (χ1n) is 6.60.